The molecule has 0 aliphatic carbocycles. The molecule has 0 saturated carbocycles. The molecule has 0 amide bonds. The minimum Gasteiger partial charge on any atom is -0.361 e. The lowest BCUT2D eigenvalue weighted by Crippen LogP contribution is -2.37. The van der Waals surface area contributed by atoms with Crippen molar-refractivity contribution in [2.24, 2.45) is 4.99 Å². The van der Waals surface area contributed by atoms with E-state index in [4.69, 9.17) is 0 Å². The maximum Gasteiger partial charge on any atom is 0.191 e. The Balaban J connectivity index is 0.00000240. The lowest BCUT2D eigenvalue weighted by Gasteiger charge is -2.17. The van der Waals surface area contributed by atoms with Gasteiger partial charge in [-0.15, -0.1) is 24.0 Å². The van der Waals surface area contributed by atoms with Crippen molar-refractivity contribution >= 4 is 46.7 Å². The van der Waals surface area contributed by atoms with E-state index in [0.717, 1.165) is 44.4 Å². The molecule has 154 valence electrons. The number of para-hydroxylation sites is 1. The van der Waals surface area contributed by atoms with E-state index in [1.165, 1.54) is 34.9 Å². The zero-order valence-corrected chi connectivity index (χ0v) is 19.1. The highest BCUT2D eigenvalue weighted by Crippen LogP contribution is 2.19. The Bertz CT molecular complexity index is 945. The van der Waals surface area contributed by atoms with Crippen molar-refractivity contribution in [2.75, 3.05) is 31.6 Å². The van der Waals surface area contributed by atoms with Crippen LogP contribution < -0.4 is 15.5 Å². The molecular formula is C22H29IN6. The van der Waals surface area contributed by atoms with Gasteiger partial charge < -0.3 is 20.5 Å². The molecule has 4 rings (SSSR count). The van der Waals surface area contributed by atoms with E-state index in [-0.39, 0.29) is 24.0 Å². The van der Waals surface area contributed by atoms with Crippen LogP contribution in [0.3, 0.4) is 0 Å². The van der Waals surface area contributed by atoms with Crippen LogP contribution in [0.25, 0.3) is 10.9 Å². The Kier molecular flexibility index (Phi) is 7.74. The molecule has 0 spiro atoms. The lowest BCUT2D eigenvalue weighted by atomic mass is 10.1. The van der Waals surface area contributed by atoms with Crippen molar-refractivity contribution in [1.82, 2.24) is 20.6 Å². The van der Waals surface area contributed by atoms with E-state index >= 15 is 0 Å². The molecule has 0 unspecified atom stereocenters. The molecule has 3 N–H and O–H groups in total. The summed E-state index contributed by atoms with van der Waals surface area (Å²) in [6, 6.07) is 12.6. The van der Waals surface area contributed by atoms with Crippen LogP contribution in [0.15, 0.2) is 53.8 Å². The summed E-state index contributed by atoms with van der Waals surface area (Å²) >= 11 is 0. The average Bonchev–Trinajstić information content (AvgIpc) is 3.41. The number of hydrogen-bond acceptors (Lipinski definition) is 3. The number of rotatable bonds is 6. The molecule has 6 nitrogen and oxygen atoms in total. The molecule has 1 aromatic carbocycles. The number of hydrogen-bond donors (Lipinski definition) is 3. The van der Waals surface area contributed by atoms with Crippen LogP contribution in [0.4, 0.5) is 5.82 Å². The summed E-state index contributed by atoms with van der Waals surface area (Å²) in [6.45, 7) is 3.79. The fourth-order valence-electron chi connectivity index (χ4n) is 3.75. The van der Waals surface area contributed by atoms with Crippen LogP contribution in [0.2, 0.25) is 0 Å². The number of aromatic nitrogens is 2. The molecule has 7 heteroatoms. The predicted octanol–water partition coefficient (Wildman–Crippen LogP) is 3.69. The van der Waals surface area contributed by atoms with E-state index < -0.39 is 0 Å². The molecule has 2 aromatic heterocycles. The maximum atomic E-state index is 4.52. The molecule has 0 atom stereocenters. The number of benzene rings is 1. The van der Waals surface area contributed by atoms with E-state index in [0.29, 0.717) is 0 Å². The molecule has 1 fully saturated rings. The maximum absolute atomic E-state index is 4.52. The summed E-state index contributed by atoms with van der Waals surface area (Å²) in [5.41, 5.74) is 3.73. The van der Waals surface area contributed by atoms with Gasteiger partial charge in [-0.25, -0.2) is 4.98 Å². The lowest BCUT2D eigenvalue weighted by molar-refractivity contribution is 0.795. The Morgan fingerprint density at radius 2 is 2.00 bits per heavy atom. The molecule has 0 radical (unpaired) electrons. The number of halogens is 1. The Morgan fingerprint density at radius 3 is 2.83 bits per heavy atom. The van der Waals surface area contributed by atoms with Crippen LogP contribution in [0, 0.1) is 0 Å². The van der Waals surface area contributed by atoms with Crippen molar-refractivity contribution in [3.8, 4) is 0 Å². The zero-order chi connectivity index (χ0) is 19.2. The second-order valence-corrected chi connectivity index (χ2v) is 7.18. The van der Waals surface area contributed by atoms with Gasteiger partial charge in [-0.3, -0.25) is 4.99 Å². The molecule has 0 bridgehead atoms. The molecule has 3 heterocycles. The number of aromatic amines is 1. The fraction of sp³-hybridized carbons (Fsp3) is 0.364. The van der Waals surface area contributed by atoms with Crippen molar-refractivity contribution in [3.05, 3.63) is 59.9 Å². The summed E-state index contributed by atoms with van der Waals surface area (Å²) in [4.78, 5) is 14.6. The molecular weight excluding hydrogens is 475 g/mol. The van der Waals surface area contributed by atoms with Gasteiger partial charge in [0.1, 0.15) is 5.82 Å². The predicted molar refractivity (Wildman–Crippen MR) is 131 cm³/mol. The molecule has 3 aromatic rings. The number of nitrogens with one attached hydrogen (secondary N) is 3. The van der Waals surface area contributed by atoms with Gasteiger partial charge in [-0.1, -0.05) is 18.2 Å². The minimum atomic E-state index is 0. The van der Waals surface area contributed by atoms with Gasteiger partial charge in [-0.2, -0.15) is 0 Å². The largest absolute Gasteiger partial charge is 0.361 e. The number of nitrogens with zero attached hydrogens (tertiary/aromatic N) is 3. The molecule has 1 aliphatic heterocycles. The number of H-pyrrole nitrogens is 1. The standard InChI is InChI=1S/C22H28N6.HI/c1-23-22(25-11-9-18-16-26-20-7-3-2-6-19(18)20)27-15-17-8-10-24-21(14-17)28-12-4-5-13-28;/h2-3,6-8,10,14,16,26H,4-5,9,11-13,15H2,1H3,(H2,23,25,27);1H. The monoisotopic (exact) mass is 504 g/mol. The number of fused-ring (bicyclic) bond motifs is 1. The van der Waals surface area contributed by atoms with Gasteiger partial charge in [0.2, 0.25) is 0 Å². The van der Waals surface area contributed by atoms with E-state index in [9.17, 15) is 0 Å². The van der Waals surface area contributed by atoms with E-state index in [1.54, 1.807) is 0 Å². The van der Waals surface area contributed by atoms with Crippen molar-refractivity contribution in [2.45, 2.75) is 25.8 Å². The van der Waals surface area contributed by atoms with Crippen LogP contribution >= 0.6 is 24.0 Å². The van der Waals surface area contributed by atoms with Crippen LogP contribution in [0.1, 0.15) is 24.0 Å². The summed E-state index contributed by atoms with van der Waals surface area (Å²) in [7, 11) is 1.81. The van der Waals surface area contributed by atoms with Crippen LogP contribution in [0.5, 0.6) is 0 Å². The summed E-state index contributed by atoms with van der Waals surface area (Å²) in [5, 5.41) is 8.11. The number of aliphatic imine (C=N–C) groups is 1. The summed E-state index contributed by atoms with van der Waals surface area (Å²) in [5.74, 6) is 1.90. The number of guanidine groups is 1. The first kappa shape index (κ1) is 21.4. The highest BCUT2D eigenvalue weighted by molar-refractivity contribution is 14.0. The highest BCUT2D eigenvalue weighted by atomic mass is 127. The Morgan fingerprint density at radius 1 is 1.17 bits per heavy atom. The molecule has 29 heavy (non-hydrogen) atoms. The van der Waals surface area contributed by atoms with Gasteiger partial charge in [0, 0.05) is 56.5 Å². The van der Waals surface area contributed by atoms with Gasteiger partial charge in [0.25, 0.3) is 0 Å². The smallest absolute Gasteiger partial charge is 0.191 e. The first-order valence-corrected chi connectivity index (χ1v) is 10.0. The quantitative estimate of drug-likeness (QED) is 0.272. The van der Waals surface area contributed by atoms with Gasteiger partial charge in [-0.05, 0) is 48.6 Å². The van der Waals surface area contributed by atoms with E-state index in [2.05, 4.69) is 73.1 Å². The third-order valence-corrected chi connectivity index (χ3v) is 5.29. The van der Waals surface area contributed by atoms with Crippen LogP contribution in [-0.2, 0) is 13.0 Å². The summed E-state index contributed by atoms with van der Waals surface area (Å²) < 4.78 is 0. The Labute approximate surface area is 189 Å². The molecule has 1 aliphatic rings. The Hall–Kier alpha value is -2.29. The zero-order valence-electron chi connectivity index (χ0n) is 16.8. The number of pyridine rings is 1. The highest BCUT2D eigenvalue weighted by Gasteiger charge is 2.13. The third-order valence-electron chi connectivity index (χ3n) is 5.29. The summed E-state index contributed by atoms with van der Waals surface area (Å²) in [6.07, 6.45) is 7.46. The van der Waals surface area contributed by atoms with Crippen molar-refractivity contribution in [3.63, 3.8) is 0 Å². The van der Waals surface area contributed by atoms with Gasteiger partial charge in [0.05, 0.1) is 0 Å². The average molecular weight is 504 g/mol. The topological polar surface area (TPSA) is 68.3 Å². The minimum absolute atomic E-state index is 0. The second kappa shape index (κ2) is 10.5. The van der Waals surface area contributed by atoms with Crippen LogP contribution in [-0.4, -0.2) is 42.6 Å². The van der Waals surface area contributed by atoms with Gasteiger partial charge >= 0.3 is 0 Å². The second-order valence-electron chi connectivity index (χ2n) is 7.18. The molecule has 1 saturated heterocycles. The first-order valence-electron chi connectivity index (χ1n) is 10.0. The van der Waals surface area contributed by atoms with E-state index in [1.807, 2.05) is 13.2 Å². The fourth-order valence-corrected chi connectivity index (χ4v) is 3.75. The van der Waals surface area contributed by atoms with Crippen molar-refractivity contribution < 1.29 is 0 Å². The third kappa shape index (κ3) is 5.41. The first-order chi connectivity index (χ1) is 13.8. The SMILES string of the molecule is CN=C(NCCc1c[nH]c2ccccc12)NCc1ccnc(N2CCCC2)c1.I. The van der Waals surface area contributed by atoms with Crippen molar-refractivity contribution in [1.29, 1.82) is 0 Å². The normalized spacial score (nSPS) is 14.1. The number of anilines is 1. The van der Waals surface area contributed by atoms with Gasteiger partial charge in [0.15, 0.2) is 5.96 Å².